The molecule has 1 aromatic rings. The molecule has 0 saturated heterocycles. The average molecular weight is 546 g/mol. The first-order chi connectivity index (χ1) is 11.0. The van der Waals surface area contributed by atoms with Crippen molar-refractivity contribution in [2.24, 2.45) is 0 Å². The van der Waals surface area contributed by atoms with Gasteiger partial charge in [-0.3, -0.25) is 14.4 Å². The first kappa shape index (κ1) is 20.3. The number of amides is 2. The molecule has 2 amide bonds. The van der Waals surface area contributed by atoms with Crippen LogP contribution in [0.1, 0.15) is 20.7 Å². The third kappa shape index (κ3) is 5.65. The van der Waals surface area contributed by atoms with Gasteiger partial charge in [-0.1, -0.05) is 0 Å². The number of hydrogen-bond acceptors (Lipinski definition) is 5. The molecule has 0 spiro atoms. The van der Waals surface area contributed by atoms with Crippen molar-refractivity contribution >= 4 is 69.0 Å². The van der Waals surface area contributed by atoms with Gasteiger partial charge in [-0.15, -0.1) is 0 Å². The Bertz CT molecular complexity index is 607. The SMILES string of the molecule is CNC(=O)c1cc(C=O)c(I)c(NC(=O)COCCOC)c1I. The Morgan fingerprint density at radius 2 is 1.96 bits per heavy atom. The molecule has 0 unspecified atom stereocenters. The summed E-state index contributed by atoms with van der Waals surface area (Å²) >= 11 is 3.93. The summed E-state index contributed by atoms with van der Waals surface area (Å²) in [5, 5.41) is 5.20. The summed E-state index contributed by atoms with van der Waals surface area (Å²) in [7, 11) is 3.04. The van der Waals surface area contributed by atoms with Crippen LogP contribution in [0.25, 0.3) is 0 Å². The standard InChI is InChI=1S/C14H16I2N2O5/c1-17-14(21)9-5-8(6-19)11(15)13(12(9)16)18-10(20)7-23-4-3-22-2/h5-6H,3-4,7H2,1-2H3,(H,17,21)(H,18,20). The van der Waals surface area contributed by atoms with Crippen LogP contribution >= 0.6 is 45.2 Å². The first-order valence-corrected chi connectivity index (χ1v) is 8.67. The molecule has 126 valence electrons. The highest BCUT2D eigenvalue weighted by molar-refractivity contribution is 14.1. The van der Waals surface area contributed by atoms with Gasteiger partial charge in [-0.05, 0) is 51.2 Å². The molecule has 0 aliphatic rings. The lowest BCUT2D eigenvalue weighted by molar-refractivity contribution is -0.121. The van der Waals surface area contributed by atoms with Gasteiger partial charge in [0.25, 0.3) is 5.91 Å². The smallest absolute Gasteiger partial charge is 0.252 e. The molecule has 0 heterocycles. The second kappa shape index (κ2) is 10.2. The molecule has 9 heteroatoms. The maximum atomic E-state index is 12.0. The predicted octanol–water partition coefficient (Wildman–Crippen LogP) is 1.67. The number of nitrogens with one attached hydrogen (secondary N) is 2. The van der Waals surface area contributed by atoms with Gasteiger partial charge < -0.3 is 20.1 Å². The van der Waals surface area contributed by atoms with Crippen LogP contribution in [-0.2, 0) is 14.3 Å². The van der Waals surface area contributed by atoms with E-state index in [4.69, 9.17) is 9.47 Å². The van der Waals surface area contributed by atoms with E-state index in [0.29, 0.717) is 43.5 Å². The monoisotopic (exact) mass is 546 g/mol. The Hall–Kier alpha value is -0.790. The molecule has 23 heavy (non-hydrogen) atoms. The number of rotatable bonds is 8. The van der Waals surface area contributed by atoms with Gasteiger partial charge in [0.15, 0.2) is 6.29 Å². The minimum atomic E-state index is -0.372. The van der Waals surface area contributed by atoms with E-state index in [1.54, 1.807) is 7.11 Å². The van der Waals surface area contributed by atoms with E-state index >= 15 is 0 Å². The number of hydrogen-bond donors (Lipinski definition) is 2. The molecular formula is C14H16I2N2O5. The van der Waals surface area contributed by atoms with E-state index in [1.807, 2.05) is 45.2 Å². The topological polar surface area (TPSA) is 93.7 Å². The molecule has 0 aliphatic carbocycles. The van der Waals surface area contributed by atoms with Crippen LogP contribution in [0.5, 0.6) is 0 Å². The lowest BCUT2D eigenvalue weighted by Crippen LogP contribution is -2.24. The van der Waals surface area contributed by atoms with E-state index in [0.717, 1.165) is 0 Å². The molecule has 0 radical (unpaired) electrons. The average Bonchev–Trinajstić information content (AvgIpc) is 2.55. The van der Waals surface area contributed by atoms with Crippen molar-refractivity contribution in [2.75, 3.05) is 39.3 Å². The van der Waals surface area contributed by atoms with Crippen molar-refractivity contribution in [3.05, 3.63) is 24.3 Å². The summed E-state index contributed by atoms with van der Waals surface area (Å²) < 4.78 is 11.1. The molecule has 0 fully saturated rings. The van der Waals surface area contributed by atoms with Crippen molar-refractivity contribution in [1.29, 1.82) is 0 Å². The Morgan fingerprint density at radius 3 is 2.52 bits per heavy atom. The molecule has 0 aromatic heterocycles. The number of ether oxygens (including phenoxy) is 2. The number of anilines is 1. The first-order valence-electron chi connectivity index (χ1n) is 6.52. The lowest BCUT2D eigenvalue weighted by Gasteiger charge is -2.15. The third-order valence-electron chi connectivity index (χ3n) is 2.76. The summed E-state index contributed by atoms with van der Waals surface area (Å²) in [6.07, 6.45) is 0.648. The Balaban J connectivity index is 3.02. The van der Waals surface area contributed by atoms with Crippen molar-refractivity contribution in [2.45, 2.75) is 0 Å². The van der Waals surface area contributed by atoms with E-state index in [2.05, 4.69) is 10.6 Å². The molecule has 0 aliphatic heterocycles. The largest absolute Gasteiger partial charge is 0.382 e. The highest BCUT2D eigenvalue weighted by atomic mass is 127. The number of carbonyl (C=O) groups is 3. The molecule has 0 saturated carbocycles. The highest BCUT2D eigenvalue weighted by Crippen LogP contribution is 2.30. The number of methoxy groups -OCH3 is 1. The van der Waals surface area contributed by atoms with Crippen molar-refractivity contribution in [3.8, 4) is 0 Å². The van der Waals surface area contributed by atoms with E-state index in [9.17, 15) is 14.4 Å². The zero-order valence-electron chi connectivity index (χ0n) is 12.6. The van der Waals surface area contributed by atoms with Crippen molar-refractivity contribution in [3.63, 3.8) is 0 Å². The molecular weight excluding hydrogens is 530 g/mol. The quantitative estimate of drug-likeness (QED) is 0.294. The summed E-state index contributed by atoms with van der Waals surface area (Å²) in [6.45, 7) is 0.552. The second-order valence-electron chi connectivity index (χ2n) is 4.31. The van der Waals surface area contributed by atoms with Crippen LogP contribution in [-0.4, -0.2) is 52.1 Å². The Labute approximate surface area is 161 Å². The number of halogens is 2. The van der Waals surface area contributed by atoms with Gasteiger partial charge in [-0.25, -0.2) is 0 Å². The molecule has 1 rings (SSSR count). The van der Waals surface area contributed by atoms with Gasteiger partial charge >= 0.3 is 0 Å². The van der Waals surface area contributed by atoms with Crippen LogP contribution in [0.4, 0.5) is 5.69 Å². The number of carbonyl (C=O) groups excluding carboxylic acids is 3. The van der Waals surface area contributed by atoms with Crippen LogP contribution in [0.3, 0.4) is 0 Å². The maximum Gasteiger partial charge on any atom is 0.252 e. The predicted molar refractivity (Wildman–Crippen MR) is 102 cm³/mol. The number of aldehydes is 1. The molecule has 2 N–H and O–H groups in total. The van der Waals surface area contributed by atoms with Crippen molar-refractivity contribution < 1.29 is 23.9 Å². The lowest BCUT2D eigenvalue weighted by atomic mass is 10.1. The third-order valence-corrected chi connectivity index (χ3v) is 5.04. The van der Waals surface area contributed by atoms with Gasteiger partial charge in [0.1, 0.15) is 6.61 Å². The molecule has 1 aromatic carbocycles. The second-order valence-corrected chi connectivity index (χ2v) is 6.46. The van der Waals surface area contributed by atoms with Crippen molar-refractivity contribution in [1.82, 2.24) is 5.32 Å². The summed E-state index contributed by atoms with van der Waals surface area (Å²) in [4.78, 5) is 35.1. The molecule has 0 bridgehead atoms. The summed E-state index contributed by atoms with van der Waals surface area (Å²) in [5.41, 5.74) is 1.08. The van der Waals surface area contributed by atoms with Gasteiger partial charge in [-0.2, -0.15) is 0 Å². The minimum absolute atomic E-state index is 0.143. The number of benzene rings is 1. The zero-order valence-corrected chi connectivity index (χ0v) is 16.9. The Morgan fingerprint density at radius 1 is 1.26 bits per heavy atom. The normalized spacial score (nSPS) is 10.3. The summed E-state index contributed by atoms with van der Waals surface area (Å²) in [5.74, 6) is -0.705. The van der Waals surface area contributed by atoms with E-state index in [-0.39, 0.29) is 18.4 Å². The highest BCUT2D eigenvalue weighted by Gasteiger charge is 2.20. The van der Waals surface area contributed by atoms with E-state index < -0.39 is 0 Å². The molecule has 0 atom stereocenters. The summed E-state index contributed by atoms with van der Waals surface area (Å²) in [6, 6.07) is 1.50. The fourth-order valence-corrected chi connectivity index (χ4v) is 3.64. The Kier molecular flexibility index (Phi) is 8.94. The fraction of sp³-hybridized carbons (Fsp3) is 0.357. The van der Waals surface area contributed by atoms with Gasteiger partial charge in [0.05, 0.1) is 28.0 Å². The van der Waals surface area contributed by atoms with E-state index in [1.165, 1.54) is 13.1 Å². The fourth-order valence-electron chi connectivity index (χ4n) is 1.64. The van der Waals surface area contributed by atoms with Gasteiger partial charge in [0.2, 0.25) is 5.91 Å². The molecule has 7 nitrogen and oxygen atoms in total. The maximum absolute atomic E-state index is 12.0. The van der Waals surface area contributed by atoms with Crippen LogP contribution in [0.2, 0.25) is 0 Å². The minimum Gasteiger partial charge on any atom is -0.382 e. The van der Waals surface area contributed by atoms with Gasteiger partial charge in [0, 0.05) is 23.3 Å². The van der Waals surface area contributed by atoms with Crippen LogP contribution in [0, 0.1) is 7.14 Å². The van der Waals surface area contributed by atoms with Crippen LogP contribution < -0.4 is 10.6 Å². The zero-order chi connectivity index (χ0) is 17.4. The van der Waals surface area contributed by atoms with Crippen LogP contribution in [0.15, 0.2) is 6.07 Å².